The molecule has 0 spiro atoms. The molecule has 21 heteroatoms. The van der Waals surface area contributed by atoms with Crippen LogP contribution in [0.15, 0.2) is 48.5 Å². The zero-order valence-electron chi connectivity index (χ0n) is 30.5. The Hall–Kier alpha value is -3.60. The number of hydrogen-bond acceptors (Lipinski definition) is 11. The van der Waals surface area contributed by atoms with Gasteiger partial charge in [-0.25, -0.2) is 0 Å². The number of benzene rings is 2. The standard InChI is InChI=1S/C35H42ClF4IN8O6S/c1-32(2,3)56(53,54)49-41(52)34(18-25(34)24-17-26(24)37)47-27(50)5-4-16-42-28(51)20-6-12-23(13-7-20)43-29-44-30(46-31(45-29)55-19-35(38,39)40)48-33(14-15-33)21-8-10-22(36)11-9-21/h6-13,24-26,49,52H,4-5,14-19H2,1-3H3,(H,42,51)(H,47,50)(H2,43,44,45,46,48)/t24?,25-,26?,34+/m0/s1. The molecule has 2 unspecified atom stereocenters. The van der Waals surface area contributed by atoms with Crippen molar-refractivity contribution in [2.24, 2.45) is 11.8 Å². The zero-order chi connectivity index (χ0) is 40.7. The van der Waals surface area contributed by atoms with E-state index in [1.807, 2.05) is 12.1 Å². The molecule has 306 valence electrons. The fourth-order valence-corrected chi connectivity index (χ4v) is 14.1. The Balaban J connectivity index is 1.02. The number of amides is 2. The number of nitrogens with zero attached hydrogens (tertiary/aromatic N) is 3. The Kier molecular flexibility index (Phi) is 12.0. The third-order valence-corrected chi connectivity index (χ3v) is 18.2. The van der Waals surface area contributed by atoms with Crippen LogP contribution < -0.4 is 28.9 Å². The number of halogens is 6. The van der Waals surface area contributed by atoms with Crippen molar-refractivity contribution in [2.75, 3.05) is 23.8 Å². The average molecular weight is 941 g/mol. The number of rotatable bonds is 17. The summed E-state index contributed by atoms with van der Waals surface area (Å²) in [7, 11) is -3.90. The van der Waals surface area contributed by atoms with E-state index in [0.29, 0.717) is 23.6 Å². The number of sulfonamides is 1. The van der Waals surface area contributed by atoms with Gasteiger partial charge in [-0.1, -0.05) is 23.7 Å². The average Bonchev–Trinajstić information content (AvgIpc) is 4.05. The Morgan fingerprint density at radius 3 is 2.25 bits per heavy atom. The van der Waals surface area contributed by atoms with E-state index in [0.717, 1.165) is 18.4 Å². The molecule has 4 atom stereocenters. The van der Waals surface area contributed by atoms with Crippen LogP contribution in [0.1, 0.15) is 75.2 Å². The van der Waals surface area contributed by atoms with Gasteiger partial charge in [0.1, 0.15) is 0 Å². The molecule has 1 heterocycles. The Morgan fingerprint density at radius 2 is 1.66 bits per heavy atom. The first-order valence-corrected chi connectivity index (χ1v) is 22.7. The molecule has 2 aromatic carbocycles. The number of ether oxygens (including phenoxy) is 1. The Labute approximate surface area is 334 Å². The van der Waals surface area contributed by atoms with Crippen molar-refractivity contribution in [3.63, 3.8) is 0 Å². The van der Waals surface area contributed by atoms with Crippen LogP contribution in [0.4, 0.5) is 35.1 Å². The van der Waals surface area contributed by atoms with Crippen molar-refractivity contribution in [3.8, 4) is 6.01 Å². The third kappa shape index (κ3) is 10.3. The van der Waals surface area contributed by atoms with Gasteiger partial charge in [0.25, 0.3) is 0 Å². The molecule has 1 aromatic heterocycles. The first-order chi connectivity index (χ1) is 26.2. The minimum atomic E-state index is -4.63. The van der Waals surface area contributed by atoms with E-state index in [4.69, 9.17) is 16.3 Å². The van der Waals surface area contributed by atoms with Gasteiger partial charge >= 0.3 is 209 Å². The first-order valence-electron chi connectivity index (χ1n) is 17.7. The van der Waals surface area contributed by atoms with Crippen LogP contribution in [0.2, 0.25) is 5.02 Å². The van der Waals surface area contributed by atoms with E-state index in [9.17, 15) is 39.0 Å². The number of hydrogen-bond donors (Lipinski definition) is 6. The van der Waals surface area contributed by atoms with E-state index >= 15 is 0 Å². The second-order valence-corrected chi connectivity index (χ2v) is 22.6. The molecule has 3 saturated carbocycles. The molecule has 0 radical (unpaired) electrons. The fraction of sp³-hybridized carbons (Fsp3) is 0.514. The zero-order valence-corrected chi connectivity index (χ0v) is 34.2. The number of aromatic nitrogens is 3. The summed E-state index contributed by atoms with van der Waals surface area (Å²) < 4.78 is 94.2. The summed E-state index contributed by atoms with van der Waals surface area (Å²) in [5, 5.41) is 12.2. The second-order valence-electron chi connectivity index (χ2n) is 15.0. The van der Waals surface area contributed by atoms with Crippen LogP contribution in [0, 0.1) is 11.8 Å². The maximum atomic E-state index is 13.9. The molecule has 6 rings (SSSR count). The molecule has 2 amide bonds. The van der Waals surface area contributed by atoms with Gasteiger partial charge < -0.3 is 15.4 Å². The number of carbonyl (C=O) groups excluding carboxylic acids is 2. The van der Waals surface area contributed by atoms with Gasteiger partial charge in [0.05, 0.1) is 5.54 Å². The maximum absolute atomic E-state index is 13.9. The van der Waals surface area contributed by atoms with Crippen molar-refractivity contribution in [3.05, 3.63) is 64.7 Å². The quantitative estimate of drug-likeness (QED) is 0.0230. The third-order valence-electron chi connectivity index (χ3n) is 9.61. The van der Waals surface area contributed by atoms with E-state index in [-0.39, 0.29) is 48.7 Å². The number of carbonyl (C=O) groups is 2. The van der Waals surface area contributed by atoms with Gasteiger partial charge in [0.15, 0.2) is 6.61 Å². The molecule has 3 aliphatic carbocycles. The van der Waals surface area contributed by atoms with Gasteiger partial charge in [0.2, 0.25) is 11.9 Å². The SMILES string of the molecule is CC(C)(C)S(=O)(=O)NI(O)[C@@]1(NC(=O)CCCNC(=O)c2ccc(Nc3nc(NC4(c5ccc(Cl)cc5)CC4)nc(OCC(F)(F)F)n3)cc2)C[C@H]1C1CC1F. The molecule has 0 bridgehead atoms. The summed E-state index contributed by atoms with van der Waals surface area (Å²) in [4.78, 5) is 38.2. The predicted molar refractivity (Wildman–Crippen MR) is 209 cm³/mol. The number of alkyl halides is 5. The van der Waals surface area contributed by atoms with Crippen molar-refractivity contribution < 1.29 is 43.7 Å². The molecule has 3 fully saturated rings. The van der Waals surface area contributed by atoms with Crippen molar-refractivity contribution in [1.82, 2.24) is 28.5 Å². The molecule has 56 heavy (non-hydrogen) atoms. The van der Waals surface area contributed by atoms with Gasteiger partial charge in [-0.2, -0.15) is 28.1 Å². The summed E-state index contributed by atoms with van der Waals surface area (Å²) in [6.45, 7) is 2.98. The van der Waals surface area contributed by atoms with Crippen LogP contribution in [0.5, 0.6) is 6.01 Å². The van der Waals surface area contributed by atoms with E-state index < -0.39 is 81.1 Å². The summed E-state index contributed by atoms with van der Waals surface area (Å²) in [5.74, 6) is -1.68. The monoisotopic (exact) mass is 940 g/mol. The van der Waals surface area contributed by atoms with Crippen LogP contribution in [0.25, 0.3) is 0 Å². The summed E-state index contributed by atoms with van der Waals surface area (Å²) >= 11 is 2.50. The van der Waals surface area contributed by atoms with Gasteiger partial charge in [-0.05, 0) is 30.5 Å². The topological polar surface area (TPSA) is 197 Å². The molecule has 14 nitrogen and oxygen atoms in total. The Morgan fingerprint density at radius 1 is 1.02 bits per heavy atom. The summed E-state index contributed by atoms with van der Waals surface area (Å²) in [6.07, 6.45) is -3.42. The fourth-order valence-electron chi connectivity index (χ4n) is 5.98. The minimum absolute atomic E-state index is 0.0103. The van der Waals surface area contributed by atoms with Crippen LogP contribution in [0.3, 0.4) is 0 Å². The van der Waals surface area contributed by atoms with Gasteiger partial charge in [0, 0.05) is 5.02 Å². The van der Waals surface area contributed by atoms with E-state index in [1.165, 1.54) is 32.9 Å². The summed E-state index contributed by atoms with van der Waals surface area (Å²) in [5.41, 5.74) is 1.04. The van der Waals surface area contributed by atoms with Crippen LogP contribution >= 0.6 is 32.1 Å². The summed E-state index contributed by atoms with van der Waals surface area (Å²) in [6, 6.07) is 12.7. The molecular formula is C35H42ClF4IN8O6S. The molecule has 3 aromatic rings. The molecule has 0 aliphatic heterocycles. The van der Waals surface area contributed by atoms with Crippen molar-refractivity contribution >= 4 is 71.5 Å². The van der Waals surface area contributed by atoms with Crippen LogP contribution in [-0.2, 0) is 20.4 Å². The molecule has 3 aliphatic rings. The van der Waals surface area contributed by atoms with Crippen LogP contribution in [-0.4, -0.2) is 72.4 Å². The normalized spacial score (nSPS) is 22.7. The number of anilines is 3. The van der Waals surface area contributed by atoms with Gasteiger partial charge in [-0.3, -0.25) is 0 Å². The van der Waals surface area contributed by atoms with Crippen molar-refractivity contribution in [1.29, 1.82) is 0 Å². The molecular weight excluding hydrogens is 899 g/mol. The Bertz CT molecular complexity index is 2040. The van der Waals surface area contributed by atoms with E-state index in [1.54, 1.807) is 24.3 Å². The molecule has 0 saturated heterocycles. The molecule has 6 N–H and O–H groups in total. The van der Waals surface area contributed by atoms with Crippen molar-refractivity contribution in [2.45, 2.75) is 85.5 Å². The second kappa shape index (κ2) is 16.0. The van der Waals surface area contributed by atoms with Gasteiger partial charge in [-0.15, -0.1) is 0 Å². The number of nitrogens with one attached hydrogen (secondary N) is 5. The first kappa shape index (κ1) is 42.0. The van der Waals surface area contributed by atoms with E-state index in [2.05, 4.69) is 39.2 Å². The predicted octanol–water partition coefficient (Wildman–Crippen LogP) is 6.06.